The molecule has 1 saturated carbocycles. The van der Waals surface area contributed by atoms with Crippen LogP contribution in [0.4, 0.5) is 0 Å². The first-order chi connectivity index (χ1) is 10.3. The molecule has 0 unspecified atom stereocenters. The number of hydrogen-bond acceptors (Lipinski definition) is 2. The average molecular weight is 287 g/mol. The lowest BCUT2D eigenvalue weighted by Gasteiger charge is -2.22. The van der Waals surface area contributed by atoms with Crippen LogP contribution in [0.25, 0.3) is 6.08 Å². The fourth-order valence-electron chi connectivity index (χ4n) is 3.06. The van der Waals surface area contributed by atoms with Gasteiger partial charge in [-0.2, -0.15) is 0 Å². The molecule has 2 heteroatoms. The highest BCUT2D eigenvalue weighted by molar-refractivity contribution is 5.53. The van der Waals surface area contributed by atoms with E-state index < -0.39 is 0 Å². The Morgan fingerprint density at radius 1 is 1.05 bits per heavy atom. The predicted molar refractivity (Wildman–Crippen MR) is 90.1 cm³/mol. The highest BCUT2D eigenvalue weighted by Crippen LogP contribution is 2.29. The Kier molecular flexibility index (Phi) is 6.98. The van der Waals surface area contributed by atoms with Gasteiger partial charge < -0.3 is 10.8 Å². The van der Waals surface area contributed by atoms with Crippen LogP contribution < -0.4 is 5.73 Å². The smallest absolute Gasteiger partial charge is 0.0431 e. The van der Waals surface area contributed by atoms with Crippen molar-refractivity contribution < 1.29 is 5.11 Å². The van der Waals surface area contributed by atoms with E-state index in [1.807, 2.05) is 0 Å². The van der Waals surface area contributed by atoms with E-state index in [0.717, 1.165) is 31.7 Å². The van der Waals surface area contributed by atoms with Crippen molar-refractivity contribution in [2.75, 3.05) is 13.2 Å². The first-order valence-electron chi connectivity index (χ1n) is 8.41. The van der Waals surface area contributed by atoms with Crippen LogP contribution in [0.3, 0.4) is 0 Å². The Labute approximate surface area is 129 Å². The Hall–Kier alpha value is -1.12. The molecule has 2 nitrogen and oxygen atoms in total. The first-order valence-corrected chi connectivity index (χ1v) is 8.41. The topological polar surface area (TPSA) is 46.2 Å². The van der Waals surface area contributed by atoms with E-state index in [-0.39, 0.29) is 0 Å². The number of aliphatic hydroxyl groups is 1. The van der Waals surface area contributed by atoms with Crippen molar-refractivity contribution >= 4 is 6.08 Å². The Morgan fingerprint density at radius 3 is 2.38 bits per heavy atom. The van der Waals surface area contributed by atoms with E-state index in [0.29, 0.717) is 6.61 Å². The van der Waals surface area contributed by atoms with Gasteiger partial charge in [-0.1, -0.05) is 42.3 Å². The van der Waals surface area contributed by atoms with E-state index in [9.17, 15) is 0 Å². The minimum absolute atomic E-state index is 0.317. The zero-order chi connectivity index (χ0) is 14.9. The van der Waals surface area contributed by atoms with Gasteiger partial charge in [0.1, 0.15) is 0 Å². The molecule has 1 fully saturated rings. The van der Waals surface area contributed by atoms with Crippen LogP contribution in [0, 0.1) is 5.92 Å². The van der Waals surface area contributed by atoms with Gasteiger partial charge in [-0.3, -0.25) is 0 Å². The summed E-state index contributed by atoms with van der Waals surface area (Å²) in [5.41, 5.74) is 10.1. The fourth-order valence-corrected chi connectivity index (χ4v) is 3.06. The van der Waals surface area contributed by atoms with Crippen molar-refractivity contribution in [1.82, 2.24) is 0 Å². The van der Waals surface area contributed by atoms with Gasteiger partial charge in [-0.25, -0.2) is 0 Å². The molecule has 1 aliphatic carbocycles. The van der Waals surface area contributed by atoms with Gasteiger partial charge in [-0.15, -0.1) is 0 Å². The lowest BCUT2D eigenvalue weighted by atomic mass is 9.85. The molecule has 0 atom stereocenters. The van der Waals surface area contributed by atoms with Crippen molar-refractivity contribution in [3.63, 3.8) is 0 Å². The highest BCUT2D eigenvalue weighted by Gasteiger charge is 2.14. The number of unbranched alkanes of at least 4 members (excludes halogenated alkanes) is 2. The van der Waals surface area contributed by atoms with Crippen LogP contribution in [0.5, 0.6) is 0 Å². The molecular weight excluding hydrogens is 258 g/mol. The first kappa shape index (κ1) is 16.3. The zero-order valence-corrected chi connectivity index (χ0v) is 13.1. The van der Waals surface area contributed by atoms with Gasteiger partial charge in [-0.05, 0) is 68.5 Å². The molecule has 0 aliphatic heterocycles. The molecule has 1 aromatic carbocycles. The summed E-state index contributed by atoms with van der Waals surface area (Å²) in [4.78, 5) is 0. The fraction of sp³-hybridized carbons (Fsp3) is 0.579. The molecule has 2 rings (SSSR count). The maximum absolute atomic E-state index is 8.77. The highest BCUT2D eigenvalue weighted by atomic mass is 16.2. The summed E-state index contributed by atoms with van der Waals surface area (Å²) < 4.78 is 0. The second-order valence-electron chi connectivity index (χ2n) is 6.26. The maximum Gasteiger partial charge on any atom is 0.0431 e. The maximum atomic E-state index is 8.77. The van der Waals surface area contributed by atoms with Gasteiger partial charge in [0.25, 0.3) is 0 Å². The summed E-state index contributed by atoms with van der Waals surface area (Å²) in [6.07, 6.45) is 11.6. The predicted octanol–water partition coefficient (Wildman–Crippen LogP) is 3.92. The molecule has 0 aromatic heterocycles. The summed E-state index contributed by atoms with van der Waals surface area (Å²) in [5, 5.41) is 8.77. The number of hydrogen-bond donors (Lipinski definition) is 2. The molecule has 21 heavy (non-hydrogen) atoms. The molecule has 3 N–H and O–H groups in total. The Balaban J connectivity index is 1.82. The summed E-state index contributed by atoms with van der Waals surface area (Å²) >= 11 is 0. The summed E-state index contributed by atoms with van der Waals surface area (Å²) in [7, 11) is 0. The molecule has 0 amide bonds. The number of aryl methyl sites for hydroxylation is 1. The van der Waals surface area contributed by atoms with Crippen molar-refractivity contribution in [2.45, 2.75) is 51.4 Å². The molecule has 0 spiro atoms. The van der Waals surface area contributed by atoms with Gasteiger partial charge in [0.05, 0.1) is 0 Å². The molecule has 0 bridgehead atoms. The van der Waals surface area contributed by atoms with Crippen LogP contribution in [-0.4, -0.2) is 18.3 Å². The van der Waals surface area contributed by atoms with Gasteiger partial charge in [0, 0.05) is 6.61 Å². The van der Waals surface area contributed by atoms with Crippen molar-refractivity contribution in [3.05, 3.63) is 41.0 Å². The minimum atomic E-state index is 0.317. The van der Waals surface area contributed by atoms with E-state index >= 15 is 0 Å². The molecule has 1 aromatic rings. The Morgan fingerprint density at radius 2 is 1.76 bits per heavy atom. The standard InChI is InChI=1S/C19H29NO/c20-15-19-11-9-18(10-12-19)14-17-7-5-16(6-8-17)4-2-1-3-13-21/h5-8,14,19,21H,1-4,9-13,15,20H2. The second kappa shape index (κ2) is 9.01. The second-order valence-corrected chi connectivity index (χ2v) is 6.26. The SMILES string of the molecule is NCC1CCC(=Cc2ccc(CCCCCO)cc2)CC1. The van der Waals surface area contributed by atoms with Gasteiger partial charge in [0.2, 0.25) is 0 Å². The average Bonchev–Trinajstić information content (AvgIpc) is 2.54. The third-order valence-corrected chi connectivity index (χ3v) is 4.55. The number of allylic oxidation sites excluding steroid dienone is 1. The van der Waals surface area contributed by atoms with Crippen molar-refractivity contribution in [1.29, 1.82) is 0 Å². The number of rotatable bonds is 7. The molecule has 1 aliphatic rings. The van der Waals surface area contributed by atoms with Gasteiger partial charge >= 0.3 is 0 Å². The third-order valence-electron chi connectivity index (χ3n) is 4.55. The number of aliphatic hydroxyl groups excluding tert-OH is 1. The molecule has 0 saturated heterocycles. The minimum Gasteiger partial charge on any atom is -0.396 e. The van der Waals surface area contributed by atoms with Crippen LogP contribution in [-0.2, 0) is 6.42 Å². The molecule has 0 heterocycles. The summed E-state index contributed by atoms with van der Waals surface area (Å²) in [5.74, 6) is 0.739. The quantitative estimate of drug-likeness (QED) is 0.747. The Bertz CT molecular complexity index is 425. The van der Waals surface area contributed by atoms with Gasteiger partial charge in [0.15, 0.2) is 0 Å². The van der Waals surface area contributed by atoms with Crippen LogP contribution >= 0.6 is 0 Å². The normalized spacial score (nSPS) is 18.8. The summed E-state index contributed by atoms with van der Waals surface area (Å²) in [6.45, 7) is 1.16. The van der Waals surface area contributed by atoms with E-state index in [1.54, 1.807) is 5.57 Å². The molecule has 116 valence electrons. The monoisotopic (exact) mass is 287 g/mol. The summed E-state index contributed by atoms with van der Waals surface area (Å²) in [6, 6.07) is 8.97. The van der Waals surface area contributed by atoms with E-state index in [4.69, 9.17) is 10.8 Å². The lowest BCUT2D eigenvalue weighted by Crippen LogP contribution is -2.17. The third kappa shape index (κ3) is 5.64. The van der Waals surface area contributed by atoms with Crippen molar-refractivity contribution in [3.8, 4) is 0 Å². The van der Waals surface area contributed by atoms with Crippen LogP contribution in [0.2, 0.25) is 0 Å². The van der Waals surface area contributed by atoms with Crippen LogP contribution in [0.1, 0.15) is 56.1 Å². The van der Waals surface area contributed by atoms with E-state index in [2.05, 4.69) is 30.3 Å². The molecule has 0 radical (unpaired) electrons. The number of benzene rings is 1. The van der Waals surface area contributed by atoms with Crippen molar-refractivity contribution in [2.24, 2.45) is 11.7 Å². The molecular formula is C19H29NO. The lowest BCUT2D eigenvalue weighted by molar-refractivity contribution is 0.283. The number of nitrogens with two attached hydrogens (primary N) is 1. The van der Waals surface area contributed by atoms with Crippen LogP contribution in [0.15, 0.2) is 29.8 Å². The zero-order valence-electron chi connectivity index (χ0n) is 13.1. The largest absolute Gasteiger partial charge is 0.396 e. The van der Waals surface area contributed by atoms with E-state index in [1.165, 1.54) is 43.2 Å².